The minimum Gasteiger partial charge on any atom is -0.307 e. The van der Waals surface area contributed by atoms with Gasteiger partial charge in [-0.3, -0.25) is 4.68 Å². The molecule has 2 heterocycles. The van der Waals surface area contributed by atoms with E-state index in [1.165, 1.54) is 11.8 Å². The molecule has 1 saturated heterocycles. The smallest absolute Gasteiger partial charge is 0.148 e. The fourth-order valence-electron chi connectivity index (χ4n) is 2.93. The average molecular weight is 343 g/mol. The van der Waals surface area contributed by atoms with Gasteiger partial charge in [-0.1, -0.05) is 0 Å². The van der Waals surface area contributed by atoms with E-state index in [1.54, 1.807) is 0 Å². The van der Waals surface area contributed by atoms with E-state index in [0.717, 1.165) is 25.9 Å². The SMILES string of the molecule is CC(C)n1cc([C@@H](C)NC2CCN(CCS(C)(=O)=O)CC2)cn1. The first-order valence-electron chi connectivity index (χ1n) is 8.45. The quantitative estimate of drug-likeness (QED) is 0.816. The number of piperidine rings is 1. The summed E-state index contributed by atoms with van der Waals surface area (Å²) in [6.07, 6.45) is 7.49. The molecule has 1 aliphatic rings. The molecule has 0 aromatic carbocycles. The van der Waals surface area contributed by atoms with Gasteiger partial charge < -0.3 is 10.2 Å². The molecule has 23 heavy (non-hydrogen) atoms. The van der Waals surface area contributed by atoms with E-state index in [-0.39, 0.29) is 11.8 Å². The zero-order valence-electron chi connectivity index (χ0n) is 14.7. The molecule has 0 radical (unpaired) electrons. The zero-order chi connectivity index (χ0) is 17.0. The van der Waals surface area contributed by atoms with Crippen molar-refractivity contribution in [1.82, 2.24) is 20.0 Å². The first-order valence-corrected chi connectivity index (χ1v) is 10.5. The van der Waals surface area contributed by atoms with E-state index < -0.39 is 9.84 Å². The van der Waals surface area contributed by atoms with Crippen LogP contribution in [-0.4, -0.2) is 60.8 Å². The maximum atomic E-state index is 11.2. The van der Waals surface area contributed by atoms with Gasteiger partial charge in [0.25, 0.3) is 0 Å². The summed E-state index contributed by atoms with van der Waals surface area (Å²) < 4.78 is 24.5. The minimum atomic E-state index is -2.86. The van der Waals surface area contributed by atoms with E-state index in [4.69, 9.17) is 0 Å². The maximum Gasteiger partial charge on any atom is 0.148 e. The van der Waals surface area contributed by atoms with E-state index in [1.807, 2.05) is 10.9 Å². The molecule has 0 aliphatic carbocycles. The fraction of sp³-hybridized carbons (Fsp3) is 0.812. The molecule has 0 amide bonds. The Bertz CT molecular complexity index is 589. The third-order valence-corrected chi connectivity index (χ3v) is 5.43. The predicted molar refractivity (Wildman–Crippen MR) is 93.3 cm³/mol. The highest BCUT2D eigenvalue weighted by Gasteiger charge is 2.22. The van der Waals surface area contributed by atoms with Gasteiger partial charge in [-0.15, -0.1) is 0 Å². The number of hydrogen-bond donors (Lipinski definition) is 1. The van der Waals surface area contributed by atoms with Crippen LogP contribution in [0.15, 0.2) is 12.4 Å². The molecule has 1 fully saturated rings. The lowest BCUT2D eigenvalue weighted by Crippen LogP contribution is -2.44. The summed E-state index contributed by atoms with van der Waals surface area (Å²) in [5.74, 6) is 0.260. The molecule has 0 bridgehead atoms. The Balaban J connectivity index is 1.77. The molecule has 6 nitrogen and oxygen atoms in total. The van der Waals surface area contributed by atoms with Crippen molar-refractivity contribution in [2.24, 2.45) is 0 Å². The van der Waals surface area contributed by atoms with Crippen molar-refractivity contribution in [3.8, 4) is 0 Å². The van der Waals surface area contributed by atoms with Gasteiger partial charge in [-0.25, -0.2) is 8.42 Å². The van der Waals surface area contributed by atoms with Gasteiger partial charge in [0.2, 0.25) is 0 Å². The lowest BCUT2D eigenvalue weighted by Gasteiger charge is -2.33. The normalized spacial score (nSPS) is 19.3. The van der Waals surface area contributed by atoms with E-state index in [0.29, 0.717) is 18.6 Å². The number of rotatable bonds is 7. The summed E-state index contributed by atoms with van der Waals surface area (Å²) in [6, 6.07) is 1.16. The predicted octanol–water partition coefficient (Wildman–Crippen LogP) is 1.62. The summed E-state index contributed by atoms with van der Waals surface area (Å²) in [7, 11) is -2.86. The lowest BCUT2D eigenvalue weighted by atomic mass is 10.0. The van der Waals surface area contributed by atoms with Crippen LogP contribution in [0.5, 0.6) is 0 Å². The van der Waals surface area contributed by atoms with Crippen molar-refractivity contribution in [3.63, 3.8) is 0 Å². The Labute approximate surface area is 140 Å². The summed E-state index contributed by atoms with van der Waals surface area (Å²) in [5, 5.41) is 8.08. The Kier molecular flexibility index (Phi) is 6.22. The molecule has 1 aromatic rings. The summed E-state index contributed by atoms with van der Waals surface area (Å²) in [5.41, 5.74) is 1.22. The van der Waals surface area contributed by atoms with Crippen molar-refractivity contribution in [2.45, 2.75) is 51.7 Å². The number of nitrogens with one attached hydrogen (secondary N) is 1. The summed E-state index contributed by atoms with van der Waals surface area (Å²) in [4.78, 5) is 2.25. The van der Waals surface area contributed by atoms with Crippen molar-refractivity contribution in [3.05, 3.63) is 18.0 Å². The molecular formula is C16H30N4O2S. The number of hydrogen-bond acceptors (Lipinski definition) is 5. The fourth-order valence-corrected chi connectivity index (χ4v) is 3.52. The van der Waals surface area contributed by atoms with Crippen LogP contribution in [0.4, 0.5) is 0 Å². The molecule has 1 atom stereocenters. The molecular weight excluding hydrogens is 312 g/mol. The van der Waals surface area contributed by atoms with E-state index in [2.05, 4.69) is 42.3 Å². The third-order valence-electron chi connectivity index (χ3n) is 4.50. The van der Waals surface area contributed by atoms with Crippen molar-refractivity contribution < 1.29 is 8.42 Å². The van der Waals surface area contributed by atoms with Crippen molar-refractivity contribution in [2.75, 3.05) is 31.6 Å². The van der Waals surface area contributed by atoms with Crippen LogP contribution in [0.3, 0.4) is 0 Å². The standard InChI is InChI=1S/C16H30N4O2S/c1-13(2)20-12-15(11-17-20)14(3)18-16-5-7-19(8-6-16)9-10-23(4,21)22/h11-14,16,18H,5-10H2,1-4H3/t14-/m1/s1. The van der Waals surface area contributed by atoms with Crippen LogP contribution in [0.25, 0.3) is 0 Å². The summed E-state index contributed by atoms with van der Waals surface area (Å²) >= 11 is 0. The third kappa shape index (κ3) is 5.90. The first-order chi connectivity index (χ1) is 10.7. The molecule has 132 valence electrons. The topological polar surface area (TPSA) is 67.2 Å². The molecule has 1 aromatic heterocycles. The Morgan fingerprint density at radius 2 is 1.96 bits per heavy atom. The molecule has 0 unspecified atom stereocenters. The molecule has 1 aliphatic heterocycles. The van der Waals surface area contributed by atoms with Crippen LogP contribution in [0, 0.1) is 0 Å². The Hall–Kier alpha value is -0.920. The van der Waals surface area contributed by atoms with E-state index >= 15 is 0 Å². The summed E-state index contributed by atoms with van der Waals surface area (Å²) in [6.45, 7) is 9.01. The monoisotopic (exact) mass is 342 g/mol. The van der Waals surface area contributed by atoms with Gasteiger partial charge >= 0.3 is 0 Å². The first kappa shape index (κ1) is 18.4. The van der Waals surface area contributed by atoms with Gasteiger partial charge in [0.1, 0.15) is 9.84 Å². The second-order valence-electron chi connectivity index (χ2n) is 6.98. The van der Waals surface area contributed by atoms with Crippen LogP contribution in [0.2, 0.25) is 0 Å². The second-order valence-corrected chi connectivity index (χ2v) is 9.24. The van der Waals surface area contributed by atoms with Crippen LogP contribution in [0.1, 0.15) is 51.3 Å². The van der Waals surface area contributed by atoms with Crippen molar-refractivity contribution in [1.29, 1.82) is 0 Å². The van der Waals surface area contributed by atoms with Crippen LogP contribution >= 0.6 is 0 Å². The molecule has 0 saturated carbocycles. The molecule has 2 rings (SSSR count). The average Bonchev–Trinajstić information content (AvgIpc) is 2.96. The zero-order valence-corrected chi connectivity index (χ0v) is 15.5. The lowest BCUT2D eigenvalue weighted by molar-refractivity contribution is 0.201. The highest BCUT2D eigenvalue weighted by Crippen LogP contribution is 2.18. The highest BCUT2D eigenvalue weighted by molar-refractivity contribution is 7.90. The van der Waals surface area contributed by atoms with Gasteiger partial charge in [0, 0.05) is 42.7 Å². The largest absolute Gasteiger partial charge is 0.307 e. The number of sulfone groups is 1. The Morgan fingerprint density at radius 3 is 2.48 bits per heavy atom. The second kappa shape index (κ2) is 7.77. The molecule has 0 spiro atoms. The van der Waals surface area contributed by atoms with Gasteiger partial charge in [0.15, 0.2) is 0 Å². The van der Waals surface area contributed by atoms with Gasteiger partial charge in [-0.05, 0) is 46.7 Å². The molecule has 1 N–H and O–H groups in total. The molecule has 7 heteroatoms. The van der Waals surface area contributed by atoms with Gasteiger partial charge in [-0.2, -0.15) is 5.10 Å². The minimum absolute atomic E-state index is 0.260. The number of nitrogens with zero attached hydrogens (tertiary/aromatic N) is 3. The van der Waals surface area contributed by atoms with Crippen molar-refractivity contribution >= 4 is 9.84 Å². The van der Waals surface area contributed by atoms with E-state index in [9.17, 15) is 8.42 Å². The number of likely N-dealkylation sites (tertiary alicyclic amines) is 1. The Morgan fingerprint density at radius 1 is 1.30 bits per heavy atom. The van der Waals surface area contributed by atoms with Crippen LogP contribution < -0.4 is 5.32 Å². The highest BCUT2D eigenvalue weighted by atomic mass is 32.2. The number of aromatic nitrogens is 2. The van der Waals surface area contributed by atoms with Crippen LogP contribution in [-0.2, 0) is 9.84 Å². The maximum absolute atomic E-state index is 11.2. The van der Waals surface area contributed by atoms with Gasteiger partial charge in [0.05, 0.1) is 11.9 Å².